The number of ether oxygens (including phenoxy) is 1. The molecule has 0 aliphatic carbocycles. The summed E-state index contributed by atoms with van der Waals surface area (Å²) in [5, 5.41) is 0. The third-order valence-corrected chi connectivity index (χ3v) is 3.62. The van der Waals surface area contributed by atoms with Gasteiger partial charge in [0.15, 0.2) is 0 Å². The van der Waals surface area contributed by atoms with Crippen LogP contribution in [0.2, 0.25) is 0 Å². The number of hydrogen-bond acceptors (Lipinski definition) is 2. The Morgan fingerprint density at radius 3 is 2.90 bits per heavy atom. The normalized spacial score (nSPS) is 19.4. The summed E-state index contributed by atoms with van der Waals surface area (Å²) in [6.45, 7) is 5.50. The molecule has 1 aromatic carbocycles. The summed E-state index contributed by atoms with van der Waals surface area (Å²) in [6.07, 6.45) is 1.88. The molecule has 0 N–H and O–H groups in total. The zero-order valence-electron chi connectivity index (χ0n) is 12.1. The monoisotopic (exact) mass is 279 g/mol. The molecule has 4 heteroatoms. The average molecular weight is 279 g/mol. The highest BCUT2D eigenvalue weighted by Gasteiger charge is 2.25. The molecule has 0 bridgehead atoms. The molecule has 1 saturated heterocycles. The van der Waals surface area contributed by atoms with Crippen LogP contribution in [0.5, 0.6) is 0 Å². The molecule has 2 rings (SSSR count). The van der Waals surface area contributed by atoms with Crippen molar-refractivity contribution in [2.45, 2.75) is 39.4 Å². The summed E-state index contributed by atoms with van der Waals surface area (Å²) < 4.78 is 19.3. The van der Waals surface area contributed by atoms with Crippen LogP contribution in [0.1, 0.15) is 32.3 Å². The number of piperidine rings is 1. The molecule has 20 heavy (non-hydrogen) atoms. The summed E-state index contributed by atoms with van der Waals surface area (Å²) in [6, 6.07) is 6.64. The van der Waals surface area contributed by atoms with E-state index in [4.69, 9.17) is 4.74 Å². The molecular formula is C16H22FNO2. The minimum atomic E-state index is -0.238. The van der Waals surface area contributed by atoms with Gasteiger partial charge in [0.05, 0.1) is 12.7 Å². The summed E-state index contributed by atoms with van der Waals surface area (Å²) in [5.74, 6) is -0.0528. The van der Waals surface area contributed by atoms with Crippen LogP contribution in [0.25, 0.3) is 0 Å². The minimum Gasteiger partial charge on any atom is -0.372 e. The van der Waals surface area contributed by atoms with Gasteiger partial charge in [-0.05, 0) is 18.9 Å². The lowest BCUT2D eigenvalue weighted by Crippen LogP contribution is -2.44. The SMILES string of the molecule is CC(C)C(=O)N1CCCC(OCc2ccccc2F)C1. The van der Waals surface area contributed by atoms with Crippen molar-refractivity contribution < 1.29 is 13.9 Å². The highest BCUT2D eigenvalue weighted by atomic mass is 19.1. The molecule has 0 spiro atoms. The second kappa shape index (κ2) is 6.84. The highest BCUT2D eigenvalue weighted by molar-refractivity contribution is 5.78. The van der Waals surface area contributed by atoms with Crippen molar-refractivity contribution in [2.75, 3.05) is 13.1 Å². The number of likely N-dealkylation sites (tertiary alicyclic amines) is 1. The minimum absolute atomic E-state index is 0.00561. The van der Waals surface area contributed by atoms with E-state index in [9.17, 15) is 9.18 Å². The van der Waals surface area contributed by atoms with Gasteiger partial charge < -0.3 is 9.64 Å². The van der Waals surface area contributed by atoms with Gasteiger partial charge in [-0.1, -0.05) is 32.0 Å². The largest absolute Gasteiger partial charge is 0.372 e. The van der Waals surface area contributed by atoms with E-state index in [1.54, 1.807) is 18.2 Å². The van der Waals surface area contributed by atoms with Crippen LogP contribution in [0.4, 0.5) is 4.39 Å². The summed E-state index contributed by atoms with van der Waals surface area (Å²) in [4.78, 5) is 13.8. The predicted molar refractivity (Wildman–Crippen MR) is 75.6 cm³/mol. The smallest absolute Gasteiger partial charge is 0.225 e. The van der Waals surface area contributed by atoms with Gasteiger partial charge in [0.1, 0.15) is 5.82 Å². The van der Waals surface area contributed by atoms with Gasteiger partial charge in [-0.25, -0.2) is 4.39 Å². The van der Waals surface area contributed by atoms with Gasteiger partial charge in [0, 0.05) is 24.6 Å². The van der Waals surface area contributed by atoms with E-state index in [-0.39, 0.29) is 30.4 Å². The van der Waals surface area contributed by atoms with Gasteiger partial charge in [-0.3, -0.25) is 4.79 Å². The zero-order valence-corrected chi connectivity index (χ0v) is 12.1. The molecule has 1 fully saturated rings. The van der Waals surface area contributed by atoms with Crippen LogP contribution in [0.3, 0.4) is 0 Å². The molecule has 1 aromatic rings. The fourth-order valence-electron chi connectivity index (χ4n) is 2.46. The van der Waals surface area contributed by atoms with Crippen molar-refractivity contribution >= 4 is 5.91 Å². The van der Waals surface area contributed by atoms with Gasteiger partial charge in [0.25, 0.3) is 0 Å². The first-order chi connectivity index (χ1) is 9.58. The van der Waals surface area contributed by atoms with E-state index < -0.39 is 0 Å². The topological polar surface area (TPSA) is 29.5 Å². The molecule has 1 aliphatic rings. The molecule has 1 amide bonds. The van der Waals surface area contributed by atoms with Crippen LogP contribution < -0.4 is 0 Å². The lowest BCUT2D eigenvalue weighted by molar-refractivity contribution is -0.138. The molecule has 0 radical (unpaired) electrons. The number of hydrogen-bond donors (Lipinski definition) is 0. The maximum absolute atomic E-state index is 13.5. The first-order valence-corrected chi connectivity index (χ1v) is 7.21. The van der Waals surface area contributed by atoms with Crippen molar-refractivity contribution in [3.8, 4) is 0 Å². The summed E-state index contributed by atoms with van der Waals surface area (Å²) in [5.41, 5.74) is 0.569. The summed E-state index contributed by atoms with van der Waals surface area (Å²) >= 11 is 0. The number of carbonyl (C=O) groups excluding carboxylic acids is 1. The third kappa shape index (κ3) is 3.79. The molecule has 1 heterocycles. The van der Waals surface area contributed by atoms with Crippen LogP contribution in [0.15, 0.2) is 24.3 Å². The van der Waals surface area contributed by atoms with Crippen LogP contribution in [-0.2, 0) is 16.1 Å². The second-order valence-corrected chi connectivity index (χ2v) is 5.61. The van der Waals surface area contributed by atoms with Crippen LogP contribution in [0, 0.1) is 11.7 Å². The Hall–Kier alpha value is -1.42. The molecular weight excluding hydrogens is 257 g/mol. The van der Waals surface area contributed by atoms with E-state index in [1.807, 2.05) is 18.7 Å². The highest BCUT2D eigenvalue weighted by Crippen LogP contribution is 2.18. The van der Waals surface area contributed by atoms with Crippen LogP contribution >= 0.6 is 0 Å². The maximum Gasteiger partial charge on any atom is 0.225 e. The number of amides is 1. The molecule has 0 saturated carbocycles. The number of rotatable bonds is 4. The lowest BCUT2D eigenvalue weighted by Gasteiger charge is -2.33. The second-order valence-electron chi connectivity index (χ2n) is 5.61. The first kappa shape index (κ1) is 15.0. The predicted octanol–water partition coefficient (Wildman–Crippen LogP) is 2.99. The maximum atomic E-state index is 13.5. The Labute approximate surface area is 119 Å². The van der Waals surface area contributed by atoms with Crippen LogP contribution in [-0.4, -0.2) is 30.0 Å². The molecule has 3 nitrogen and oxygen atoms in total. The first-order valence-electron chi connectivity index (χ1n) is 7.21. The van der Waals surface area contributed by atoms with Gasteiger partial charge >= 0.3 is 0 Å². The Morgan fingerprint density at radius 2 is 2.20 bits per heavy atom. The van der Waals surface area contributed by atoms with Gasteiger partial charge in [-0.2, -0.15) is 0 Å². The average Bonchev–Trinajstić information content (AvgIpc) is 2.46. The molecule has 1 aliphatic heterocycles. The fraction of sp³-hybridized carbons (Fsp3) is 0.562. The number of carbonyl (C=O) groups is 1. The van der Waals surface area contributed by atoms with Crippen molar-refractivity contribution in [1.29, 1.82) is 0 Å². The van der Waals surface area contributed by atoms with Crippen molar-refractivity contribution in [3.05, 3.63) is 35.6 Å². The van der Waals surface area contributed by atoms with Crippen molar-refractivity contribution in [2.24, 2.45) is 5.92 Å². The molecule has 110 valence electrons. The Kier molecular flexibility index (Phi) is 5.12. The van der Waals surface area contributed by atoms with E-state index in [2.05, 4.69) is 0 Å². The molecule has 0 aromatic heterocycles. The number of benzene rings is 1. The quantitative estimate of drug-likeness (QED) is 0.848. The molecule has 1 atom stereocenters. The summed E-state index contributed by atoms with van der Waals surface area (Å²) in [7, 11) is 0. The Balaban J connectivity index is 1.87. The Morgan fingerprint density at radius 1 is 1.45 bits per heavy atom. The van der Waals surface area contributed by atoms with Crippen molar-refractivity contribution in [3.63, 3.8) is 0 Å². The van der Waals surface area contributed by atoms with E-state index in [1.165, 1.54) is 6.07 Å². The fourth-order valence-corrected chi connectivity index (χ4v) is 2.46. The lowest BCUT2D eigenvalue weighted by atomic mass is 10.1. The number of halogens is 1. The van der Waals surface area contributed by atoms with Gasteiger partial charge in [-0.15, -0.1) is 0 Å². The molecule has 1 unspecified atom stereocenters. The Bertz CT molecular complexity index is 462. The zero-order chi connectivity index (χ0) is 14.5. The number of nitrogens with zero attached hydrogens (tertiary/aromatic N) is 1. The van der Waals surface area contributed by atoms with E-state index >= 15 is 0 Å². The van der Waals surface area contributed by atoms with E-state index in [0.29, 0.717) is 12.1 Å². The van der Waals surface area contributed by atoms with Crippen molar-refractivity contribution in [1.82, 2.24) is 4.90 Å². The van der Waals surface area contributed by atoms with Gasteiger partial charge in [0.2, 0.25) is 5.91 Å². The van der Waals surface area contributed by atoms with E-state index in [0.717, 1.165) is 19.4 Å². The third-order valence-electron chi connectivity index (χ3n) is 3.62. The standard InChI is InChI=1S/C16H22FNO2/c1-12(2)16(19)18-9-5-7-14(10-18)20-11-13-6-3-4-8-15(13)17/h3-4,6,8,12,14H,5,7,9-11H2,1-2H3.